The van der Waals surface area contributed by atoms with Gasteiger partial charge in [-0.1, -0.05) is 6.07 Å². The summed E-state index contributed by atoms with van der Waals surface area (Å²) < 4.78 is 17.3. The van der Waals surface area contributed by atoms with Gasteiger partial charge in [-0.25, -0.2) is 4.39 Å². The molecule has 0 radical (unpaired) electrons. The van der Waals surface area contributed by atoms with Gasteiger partial charge in [0.05, 0.1) is 6.61 Å². The van der Waals surface area contributed by atoms with Crippen molar-refractivity contribution >= 4 is 5.97 Å². The average Bonchev–Trinajstić information content (AvgIpc) is 2.17. The predicted octanol–water partition coefficient (Wildman–Crippen LogP) is 2.03. The largest absolute Gasteiger partial charge is 0.508 e. The summed E-state index contributed by atoms with van der Waals surface area (Å²) in [7, 11) is 0. The Morgan fingerprint density at radius 2 is 2.27 bits per heavy atom. The van der Waals surface area contributed by atoms with Gasteiger partial charge in [-0.15, -0.1) is 0 Å². The molecule has 0 aliphatic heterocycles. The standard InChI is InChI=1S/C11H13FO3/c1-2-15-11(14)6-4-8-3-5-9(12)7-10(8)13/h3,5,7,13H,2,4,6H2,1H3. The van der Waals surface area contributed by atoms with Crippen molar-refractivity contribution in [2.45, 2.75) is 19.8 Å². The summed E-state index contributed by atoms with van der Waals surface area (Å²) in [6.07, 6.45) is 0.540. The third-order valence-corrected chi connectivity index (χ3v) is 1.95. The highest BCUT2D eigenvalue weighted by molar-refractivity contribution is 5.69. The molecule has 3 nitrogen and oxygen atoms in total. The number of ether oxygens (including phenoxy) is 1. The molecule has 4 heteroatoms. The number of aromatic hydroxyl groups is 1. The SMILES string of the molecule is CCOC(=O)CCc1ccc(F)cc1O. The Bertz CT molecular complexity index is 350. The molecular weight excluding hydrogens is 199 g/mol. The second-order valence-corrected chi connectivity index (χ2v) is 3.08. The monoisotopic (exact) mass is 212 g/mol. The maximum atomic E-state index is 12.6. The predicted molar refractivity (Wildman–Crippen MR) is 53.0 cm³/mol. The molecule has 1 rings (SSSR count). The van der Waals surface area contributed by atoms with Gasteiger partial charge >= 0.3 is 5.97 Å². The number of hydrogen-bond acceptors (Lipinski definition) is 3. The molecule has 0 aromatic heterocycles. The van der Waals surface area contributed by atoms with Gasteiger partial charge in [0.15, 0.2) is 0 Å². The van der Waals surface area contributed by atoms with E-state index < -0.39 is 5.82 Å². The zero-order chi connectivity index (χ0) is 11.3. The van der Waals surface area contributed by atoms with E-state index in [9.17, 15) is 14.3 Å². The van der Waals surface area contributed by atoms with Crippen LogP contribution in [0.2, 0.25) is 0 Å². The Labute approximate surface area is 87.5 Å². The Hall–Kier alpha value is -1.58. The highest BCUT2D eigenvalue weighted by Crippen LogP contribution is 2.19. The number of rotatable bonds is 4. The number of phenolic OH excluding ortho intramolecular Hbond substituents is 1. The molecule has 0 aliphatic rings. The van der Waals surface area contributed by atoms with E-state index in [2.05, 4.69) is 0 Å². The molecule has 0 amide bonds. The number of esters is 1. The van der Waals surface area contributed by atoms with E-state index in [1.807, 2.05) is 0 Å². The third kappa shape index (κ3) is 3.58. The number of aryl methyl sites for hydroxylation is 1. The fourth-order valence-electron chi connectivity index (χ4n) is 1.22. The highest BCUT2D eigenvalue weighted by Gasteiger charge is 2.06. The Morgan fingerprint density at radius 1 is 1.53 bits per heavy atom. The lowest BCUT2D eigenvalue weighted by Crippen LogP contribution is -2.05. The molecule has 0 fully saturated rings. The Balaban J connectivity index is 2.54. The molecule has 0 saturated carbocycles. The van der Waals surface area contributed by atoms with E-state index in [-0.39, 0.29) is 18.1 Å². The fraction of sp³-hybridized carbons (Fsp3) is 0.364. The molecule has 0 aliphatic carbocycles. The van der Waals surface area contributed by atoms with Gasteiger partial charge in [0, 0.05) is 12.5 Å². The van der Waals surface area contributed by atoms with Crippen molar-refractivity contribution in [3.63, 3.8) is 0 Å². The van der Waals surface area contributed by atoms with E-state index in [1.54, 1.807) is 6.92 Å². The molecular formula is C11H13FO3. The molecule has 0 spiro atoms. The first-order chi connectivity index (χ1) is 7.13. The second kappa shape index (κ2) is 5.34. The summed E-state index contributed by atoms with van der Waals surface area (Å²) in [5, 5.41) is 9.34. The summed E-state index contributed by atoms with van der Waals surface area (Å²) in [6.45, 7) is 2.07. The van der Waals surface area contributed by atoms with Crippen LogP contribution in [0.5, 0.6) is 5.75 Å². The smallest absolute Gasteiger partial charge is 0.306 e. The van der Waals surface area contributed by atoms with Crippen LogP contribution in [0.15, 0.2) is 18.2 Å². The van der Waals surface area contributed by atoms with Crippen LogP contribution in [0.1, 0.15) is 18.9 Å². The van der Waals surface area contributed by atoms with Crippen molar-refractivity contribution in [3.05, 3.63) is 29.6 Å². The van der Waals surface area contributed by atoms with Crippen molar-refractivity contribution in [1.82, 2.24) is 0 Å². The van der Waals surface area contributed by atoms with E-state index in [0.717, 1.165) is 6.07 Å². The van der Waals surface area contributed by atoms with Gasteiger partial charge in [0.1, 0.15) is 11.6 Å². The molecule has 1 aromatic rings. The molecule has 82 valence electrons. The first kappa shape index (κ1) is 11.5. The lowest BCUT2D eigenvalue weighted by molar-refractivity contribution is -0.143. The summed E-state index contributed by atoms with van der Waals surface area (Å²) >= 11 is 0. The van der Waals surface area contributed by atoms with E-state index in [1.165, 1.54) is 12.1 Å². The third-order valence-electron chi connectivity index (χ3n) is 1.95. The minimum atomic E-state index is -0.493. The Morgan fingerprint density at radius 3 is 2.87 bits per heavy atom. The van der Waals surface area contributed by atoms with Crippen LogP contribution in [0.4, 0.5) is 4.39 Å². The lowest BCUT2D eigenvalue weighted by atomic mass is 10.1. The quantitative estimate of drug-likeness (QED) is 0.777. The van der Waals surface area contributed by atoms with Crippen LogP contribution < -0.4 is 0 Å². The average molecular weight is 212 g/mol. The minimum Gasteiger partial charge on any atom is -0.508 e. The number of halogens is 1. The summed E-state index contributed by atoms with van der Waals surface area (Å²) in [5.41, 5.74) is 0.546. The van der Waals surface area contributed by atoms with E-state index in [0.29, 0.717) is 18.6 Å². The molecule has 1 N–H and O–H groups in total. The summed E-state index contributed by atoms with van der Waals surface area (Å²) in [4.78, 5) is 11.0. The van der Waals surface area contributed by atoms with Crippen LogP contribution in [0.3, 0.4) is 0 Å². The van der Waals surface area contributed by atoms with Crippen molar-refractivity contribution < 1.29 is 19.0 Å². The fourth-order valence-corrected chi connectivity index (χ4v) is 1.22. The molecule has 0 atom stereocenters. The van der Waals surface area contributed by atoms with Gasteiger partial charge in [-0.3, -0.25) is 4.79 Å². The number of benzene rings is 1. The van der Waals surface area contributed by atoms with Gasteiger partial charge in [0.25, 0.3) is 0 Å². The van der Waals surface area contributed by atoms with E-state index in [4.69, 9.17) is 4.74 Å². The van der Waals surface area contributed by atoms with Crippen LogP contribution in [0, 0.1) is 5.82 Å². The number of carbonyl (C=O) groups is 1. The Kier molecular flexibility index (Phi) is 4.09. The molecule has 1 aromatic carbocycles. The zero-order valence-corrected chi connectivity index (χ0v) is 8.50. The van der Waals surface area contributed by atoms with Gasteiger partial charge in [-0.2, -0.15) is 0 Å². The zero-order valence-electron chi connectivity index (χ0n) is 8.50. The van der Waals surface area contributed by atoms with Crippen molar-refractivity contribution in [1.29, 1.82) is 0 Å². The van der Waals surface area contributed by atoms with Crippen LogP contribution >= 0.6 is 0 Å². The van der Waals surface area contributed by atoms with Crippen molar-refractivity contribution in [3.8, 4) is 5.75 Å². The van der Waals surface area contributed by atoms with Crippen LogP contribution in [0.25, 0.3) is 0 Å². The number of phenols is 1. The van der Waals surface area contributed by atoms with Crippen molar-refractivity contribution in [2.24, 2.45) is 0 Å². The van der Waals surface area contributed by atoms with Gasteiger partial charge < -0.3 is 9.84 Å². The second-order valence-electron chi connectivity index (χ2n) is 3.08. The van der Waals surface area contributed by atoms with Crippen LogP contribution in [-0.2, 0) is 16.0 Å². The first-order valence-electron chi connectivity index (χ1n) is 4.76. The molecule has 0 bridgehead atoms. The van der Waals surface area contributed by atoms with Crippen LogP contribution in [-0.4, -0.2) is 17.7 Å². The molecule has 0 saturated heterocycles. The molecule has 0 heterocycles. The molecule has 15 heavy (non-hydrogen) atoms. The highest BCUT2D eigenvalue weighted by atomic mass is 19.1. The van der Waals surface area contributed by atoms with Crippen molar-refractivity contribution in [2.75, 3.05) is 6.61 Å². The number of hydrogen-bond donors (Lipinski definition) is 1. The van der Waals surface area contributed by atoms with Gasteiger partial charge in [0.2, 0.25) is 0 Å². The molecule has 0 unspecified atom stereocenters. The maximum absolute atomic E-state index is 12.6. The van der Waals surface area contributed by atoms with Gasteiger partial charge in [-0.05, 0) is 25.0 Å². The minimum absolute atomic E-state index is 0.126. The topological polar surface area (TPSA) is 46.5 Å². The number of carbonyl (C=O) groups excluding carboxylic acids is 1. The summed E-state index contributed by atoms with van der Waals surface area (Å²) in [6, 6.07) is 3.74. The van der Waals surface area contributed by atoms with E-state index >= 15 is 0 Å². The first-order valence-corrected chi connectivity index (χ1v) is 4.76. The lowest BCUT2D eigenvalue weighted by Gasteiger charge is -2.04. The summed E-state index contributed by atoms with van der Waals surface area (Å²) in [5.74, 6) is -0.937. The maximum Gasteiger partial charge on any atom is 0.306 e. The normalized spacial score (nSPS) is 10.0.